The highest BCUT2D eigenvalue weighted by molar-refractivity contribution is 6.41. The molecule has 0 fully saturated rings. The summed E-state index contributed by atoms with van der Waals surface area (Å²) in [6, 6.07) is 7.19. The van der Waals surface area contributed by atoms with Crippen molar-refractivity contribution < 1.29 is 4.79 Å². The van der Waals surface area contributed by atoms with Gasteiger partial charge in [0.2, 0.25) is 5.91 Å². The molecule has 0 unspecified atom stereocenters. The van der Waals surface area contributed by atoms with E-state index in [1.165, 1.54) is 6.92 Å². The second kappa shape index (κ2) is 6.75. The zero-order valence-electron chi connectivity index (χ0n) is 7.47. The molecule has 1 aromatic rings. The average Bonchev–Trinajstić information content (AvgIpc) is 2.11. The second-order valence-corrected chi connectivity index (χ2v) is 3.03. The van der Waals surface area contributed by atoms with E-state index in [4.69, 9.17) is 23.2 Å². The largest absolute Gasteiger partial charge is 0.359 e. The molecule has 72 valence electrons. The molecule has 1 aromatic carbocycles. The topological polar surface area (TPSA) is 29.1 Å². The summed E-state index contributed by atoms with van der Waals surface area (Å²) < 4.78 is 0. The number of rotatable bonds is 0. The van der Waals surface area contributed by atoms with Crippen LogP contribution < -0.4 is 5.32 Å². The first kappa shape index (κ1) is 12.3. The predicted octanol–water partition coefficient (Wildman–Crippen LogP) is 2.75. The van der Waals surface area contributed by atoms with Gasteiger partial charge in [-0.1, -0.05) is 35.3 Å². The molecule has 1 amide bonds. The van der Waals surface area contributed by atoms with Crippen molar-refractivity contribution in [1.82, 2.24) is 5.32 Å². The molecule has 0 atom stereocenters. The lowest BCUT2D eigenvalue weighted by Gasteiger charge is -1.88. The Bertz CT molecular complexity index is 255. The van der Waals surface area contributed by atoms with E-state index >= 15 is 0 Å². The average molecular weight is 220 g/mol. The monoisotopic (exact) mass is 219 g/mol. The van der Waals surface area contributed by atoms with Crippen LogP contribution in [-0.2, 0) is 4.79 Å². The van der Waals surface area contributed by atoms with Gasteiger partial charge in [0.15, 0.2) is 0 Å². The highest BCUT2D eigenvalue weighted by atomic mass is 35.5. The van der Waals surface area contributed by atoms with E-state index in [2.05, 4.69) is 5.32 Å². The first-order chi connectivity index (χ1) is 6.07. The van der Waals surface area contributed by atoms with E-state index in [-0.39, 0.29) is 5.91 Å². The molecule has 1 N–H and O–H groups in total. The van der Waals surface area contributed by atoms with Gasteiger partial charge in [-0.2, -0.15) is 0 Å². The first-order valence-electron chi connectivity index (χ1n) is 3.66. The molecule has 0 aliphatic heterocycles. The molecule has 0 radical (unpaired) electrons. The maximum atomic E-state index is 9.70. The number of carbonyl (C=O) groups is 1. The standard InChI is InChI=1S/C6H4Cl2.C3H7NO/c7-5-3-1-2-4-6(5)8;1-3(5)4-2/h1-4H;1-2H3,(H,4,5). The number of hydrogen-bond donors (Lipinski definition) is 1. The summed E-state index contributed by atoms with van der Waals surface area (Å²) in [7, 11) is 1.60. The van der Waals surface area contributed by atoms with Gasteiger partial charge in [-0.25, -0.2) is 0 Å². The normalized spacial score (nSPS) is 8.31. The Hall–Kier alpha value is -0.730. The molecule has 0 bridgehead atoms. The van der Waals surface area contributed by atoms with Crippen molar-refractivity contribution in [3.63, 3.8) is 0 Å². The predicted molar refractivity (Wildman–Crippen MR) is 56.2 cm³/mol. The van der Waals surface area contributed by atoms with Crippen LogP contribution in [0, 0.1) is 0 Å². The van der Waals surface area contributed by atoms with Crippen LogP contribution in [0.3, 0.4) is 0 Å². The molecule has 0 saturated carbocycles. The highest BCUT2D eigenvalue weighted by Crippen LogP contribution is 2.19. The number of halogens is 2. The Morgan fingerprint density at radius 1 is 1.23 bits per heavy atom. The Labute approximate surface area is 87.8 Å². The van der Waals surface area contributed by atoms with Crippen molar-refractivity contribution in [2.75, 3.05) is 7.05 Å². The van der Waals surface area contributed by atoms with Crippen LogP contribution in [0.15, 0.2) is 24.3 Å². The van der Waals surface area contributed by atoms with Crippen LogP contribution in [0.1, 0.15) is 6.92 Å². The third-order valence-electron chi connectivity index (χ3n) is 1.18. The molecule has 0 aliphatic carbocycles. The molecule has 2 nitrogen and oxygen atoms in total. The summed E-state index contributed by atoms with van der Waals surface area (Å²) in [4.78, 5) is 9.70. The van der Waals surface area contributed by atoms with Crippen LogP contribution in [0.25, 0.3) is 0 Å². The van der Waals surface area contributed by atoms with Crippen molar-refractivity contribution in [1.29, 1.82) is 0 Å². The van der Waals surface area contributed by atoms with E-state index in [1.807, 2.05) is 12.1 Å². The maximum absolute atomic E-state index is 9.70. The van der Waals surface area contributed by atoms with Crippen molar-refractivity contribution >= 4 is 29.1 Å². The minimum absolute atomic E-state index is 0.00463. The van der Waals surface area contributed by atoms with E-state index in [0.29, 0.717) is 10.0 Å². The summed E-state index contributed by atoms with van der Waals surface area (Å²) in [6.45, 7) is 1.47. The van der Waals surface area contributed by atoms with Gasteiger partial charge in [0.1, 0.15) is 0 Å². The fraction of sp³-hybridized carbons (Fsp3) is 0.222. The lowest BCUT2D eigenvalue weighted by atomic mass is 10.4. The van der Waals surface area contributed by atoms with Gasteiger partial charge in [0, 0.05) is 14.0 Å². The number of hydrogen-bond acceptors (Lipinski definition) is 1. The van der Waals surface area contributed by atoms with Crippen LogP contribution in [0.2, 0.25) is 10.0 Å². The zero-order chi connectivity index (χ0) is 10.3. The molecular formula is C9H11Cl2NO. The van der Waals surface area contributed by atoms with Gasteiger partial charge in [-0.05, 0) is 12.1 Å². The molecule has 4 heteroatoms. The van der Waals surface area contributed by atoms with Gasteiger partial charge >= 0.3 is 0 Å². The summed E-state index contributed by atoms with van der Waals surface area (Å²) in [5, 5.41) is 3.60. The van der Waals surface area contributed by atoms with Crippen LogP contribution in [0.5, 0.6) is 0 Å². The summed E-state index contributed by atoms with van der Waals surface area (Å²) in [5.41, 5.74) is 0. The number of carbonyl (C=O) groups excluding carboxylic acids is 1. The Morgan fingerprint density at radius 2 is 1.54 bits per heavy atom. The van der Waals surface area contributed by atoms with Crippen molar-refractivity contribution in [3.8, 4) is 0 Å². The fourth-order valence-corrected chi connectivity index (χ4v) is 0.711. The minimum Gasteiger partial charge on any atom is -0.359 e. The van der Waals surface area contributed by atoms with Crippen LogP contribution >= 0.6 is 23.2 Å². The molecule has 1 rings (SSSR count). The minimum atomic E-state index is 0.00463. The van der Waals surface area contributed by atoms with E-state index < -0.39 is 0 Å². The smallest absolute Gasteiger partial charge is 0.216 e. The van der Waals surface area contributed by atoms with Crippen molar-refractivity contribution in [2.24, 2.45) is 0 Å². The van der Waals surface area contributed by atoms with E-state index in [0.717, 1.165) is 0 Å². The molecule has 0 spiro atoms. The lowest BCUT2D eigenvalue weighted by Crippen LogP contribution is -2.11. The van der Waals surface area contributed by atoms with Crippen molar-refractivity contribution in [2.45, 2.75) is 6.92 Å². The molecular weight excluding hydrogens is 209 g/mol. The Morgan fingerprint density at radius 3 is 1.69 bits per heavy atom. The number of nitrogens with one attached hydrogen (secondary N) is 1. The van der Waals surface area contributed by atoms with Gasteiger partial charge in [0.25, 0.3) is 0 Å². The fourth-order valence-electron chi connectivity index (χ4n) is 0.439. The van der Waals surface area contributed by atoms with Crippen LogP contribution in [0.4, 0.5) is 0 Å². The zero-order valence-corrected chi connectivity index (χ0v) is 8.99. The molecule has 0 aromatic heterocycles. The van der Waals surface area contributed by atoms with E-state index in [1.54, 1.807) is 19.2 Å². The number of amides is 1. The van der Waals surface area contributed by atoms with Gasteiger partial charge in [-0.15, -0.1) is 0 Å². The third-order valence-corrected chi connectivity index (χ3v) is 1.93. The van der Waals surface area contributed by atoms with Gasteiger partial charge in [0.05, 0.1) is 10.0 Å². The molecule has 0 saturated heterocycles. The summed E-state index contributed by atoms with van der Waals surface area (Å²) in [5.74, 6) is 0.00463. The molecule has 0 heterocycles. The van der Waals surface area contributed by atoms with Crippen molar-refractivity contribution in [3.05, 3.63) is 34.3 Å². The van der Waals surface area contributed by atoms with Crippen LogP contribution in [-0.4, -0.2) is 13.0 Å². The Balaban J connectivity index is 0.000000252. The summed E-state index contributed by atoms with van der Waals surface area (Å²) in [6.07, 6.45) is 0. The highest BCUT2D eigenvalue weighted by Gasteiger charge is 1.89. The SMILES string of the molecule is CNC(C)=O.Clc1ccccc1Cl. The summed E-state index contributed by atoms with van der Waals surface area (Å²) >= 11 is 11.2. The third kappa shape index (κ3) is 6.43. The molecule has 13 heavy (non-hydrogen) atoms. The first-order valence-corrected chi connectivity index (χ1v) is 4.42. The van der Waals surface area contributed by atoms with Gasteiger partial charge in [-0.3, -0.25) is 4.79 Å². The van der Waals surface area contributed by atoms with Gasteiger partial charge < -0.3 is 5.32 Å². The lowest BCUT2D eigenvalue weighted by molar-refractivity contribution is -0.118. The molecule has 0 aliphatic rings. The number of benzene rings is 1. The second-order valence-electron chi connectivity index (χ2n) is 2.22. The van der Waals surface area contributed by atoms with E-state index in [9.17, 15) is 4.79 Å². The quantitative estimate of drug-likeness (QED) is 0.715. The Kier molecular flexibility index (Phi) is 6.37. The maximum Gasteiger partial charge on any atom is 0.216 e.